The Kier molecular flexibility index (Phi) is 2.57. The molecule has 2 N–H and O–H groups in total. The summed E-state index contributed by atoms with van der Waals surface area (Å²) in [7, 11) is 0. The third-order valence-electron chi connectivity index (χ3n) is 2.17. The number of nitrogens with two attached hydrogens (primary N) is 1. The van der Waals surface area contributed by atoms with Crippen LogP contribution in [0.5, 0.6) is 0 Å². The number of likely N-dealkylation sites (N-methyl/N-ethyl adjacent to an activating group) is 1. The van der Waals surface area contributed by atoms with Crippen molar-refractivity contribution in [3.05, 3.63) is 0 Å². The topological polar surface area (TPSA) is 55.6 Å². The van der Waals surface area contributed by atoms with Gasteiger partial charge in [0.05, 0.1) is 6.54 Å². The molecule has 4 heteroatoms. The second kappa shape index (κ2) is 3.31. The average molecular weight is 172 g/mol. The van der Waals surface area contributed by atoms with Gasteiger partial charge in [-0.15, -0.1) is 0 Å². The summed E-state index contributed by atoms with van der Waals surface area (Å²) in [4.78, 5) is 12.8. The van der Waals surface area contributed by atoms with Crippen LogP contribution in [0.15, 0.2) is 0 Å². The van der Waals surface area contributed by atoms with Gasteiger partial charge in [0.1, 0.15) is 5.60 Å². The van der Waals surface area contributed by atoms with Crippen LogP contribution in [0.1, 0.15) is 20.3 Å². The molecule has 0 aromatic rings. The lowest BCUT2D eigenvalue weighted by molar-refractivity contribution is 0.0669. The zero-order valence-electron chi connectivity index (χ0n) is 7.67. The van der Waals surface area contributed by atoms with E-state index in [0.717, 1.165) is 6.42 Å². The molecule has 12 heavy (non-hydrogen) atoms. The van der Waals surface area contributed by atoms with Gasteiger partial charge in [-0.25, -0.2) is 4.79 Å². The van der Waals surface area contributed by atoms with Crippen molar-refractivity contribution in [2.24, 2.45) is 5.73 Å². The third-order valence-corrected chi connectivity index (χ3v) is 2.17. The van der Waals surface area contributed by atoms with E-state index in [4.69, 9.17) is 10.5 Å². The second-order valence-electron chi connectivity index (χ2n) is 3.37. The Morgan fingerprint density at radius 3 is 2.83 bits per heavy atom. The fourth-order valence-electron chi connectivity index (χ4n) is 1.45. The Balaban J connectivity index is 2.57. The molecule has 70 valence electrons. The Morgan fingerprint density at radius 2 is 2.42 bits per heavy atom. The van der Waals surface area contributed by atoms with E-state index in [0.29, 0.717) is 19.6 Å². The van der Waals surface area contributed by atoms with Gasteiger partial charge in [0.2, 0.25) is 0 Å². The summed E-state index contributed by atoms with van der Waals surface area (Å²) >= 11 is 0. The van der Waals surface area contributed by atoms with Gasteiger partial charge in [-0.1, -0.05) is 0 Å². The summed E-state index contributed by atoms with van der Waals surface area (Å²) in [6.07, 6.45) is 0.517. The van der Waals surface area contributed by atoms with Crippen LogP contribution < -0.4 is 5.73 Å². The number of carbonyl (C=O) groups excluding carboxylic acids is 1. The van der Waals surface area contributed by atoms with E-state index in [2.05, 4.69) is 0 Å². The van der Waals surface area contributed by atoms with Crippen LogP contribution in [0.3, 0.4) is 0 Å². The Morgan fingerprint density at radius 1 is 1.75 bits per heavy atom. The molecule has 0 radical (unpaired) electrons. The maximum Gasteiger partial charge on any atom is 0.410 e. The first-order valence-corrected chi connectivity index (χ1v) is 4.29. The second-order valence-corrected chi connectivity index (χ2v) is 3.37. The molecule has 0 bridgehead atoms. The van der Waals surface area contributed by atoms with Gasteiger partial charge in [0.25, 0.3) is 0 Å². The maximum atomic E-state index is 11.2. The van der Waals surface area contributed by atoms with Crippen LogP contribution in [0, 0.1) is 0 Å². The Bertz CT molecular complexity index is 184. The third kappa shape index (κ3) is 1.69. The number of nitrogens with zero attached hydrogens (tertiary/aromatic N) is 1. The van der Waals surface area contributed by atoms with E-state index in [1.807, 2.05) is 13.8 Å². The molecule has 1 unspecified atom stereocenters. The smallest absolute Gasteiger partial charge is 0.410 e. The molecule has 1 fully saturated rings. The molecule has 1 atom stereocenters. The summed E-state index contributed by atoms with van der Waals surface area (Å²) in [6.45, 7) is 5.79. The van der Waals surface area contributed by atoms with E-state index in [-0.39, 0.29) is 11.7 Å². The number of amides is 1. The molecule has 0 aliphatic carbocycles. The number of hydrogen-bond donors (Lipinski definition) is 1. The van der Waals surface area contributed by atoms with Crippen molar-refractivity contribution >= 4 is 6.09 Å². The zero-order valence-corrected chi connectivity index (χ0v) is 7.67. The molecule has 4 nitrogen and oxygen atoms in total. The number of cyclic esters (lactones) is 1. The van der Waals surface area contributed by atoms with Crippen LogP contribution in [0.2, 0.25) is 0 Å². The van der Waals surface area contributed by atoms with Gasteiger partial charge >= 0.3 is 6.09 Å². The van der Waals surface area contributed by atoms with Crippen molar-refractivity contribution in [1.82, 2.24) is 4.90 Å². The molecule has 1 aliphatic heterocycles. The highest BCUT2D eigenvalue weighted by molar-refractivity contribution is 5.70. The van der Waals surface area contributed by atoms with Crippen molar-refractivity contribution in [3.63, 3.8) is 0 Å². The van der Waals surface area contributed by atoms with E-state index in [1.54, 1.807) is 4.90 Å². The number of rotatable bonds is 3. The monoisotopic (exact) mass is 172 g/mol. The fourth-order valence-corrected chi connectivity index (χ4v) is 1.45. The first-order chi connectivity index (χ1) is 5.61. The lowest BCUT2D eigenvalue weighted by Crippen LogP contribution is -2.33. The van der Waals surface area contributed by atoms with Gasteiger partial charge < -0.3 is 15.4 Å². The van der Waals surface area contributed by atoms with Crippen LogP contribution in [-0.2, 0) is 4.74 Å². The predicted octanol–water partition coefficient (Wildman–Crippen LogP) is 0.566. The summed E-state index contributed by atoms with van der Waals surface area (Å²) in [5.41, 5.74) is 5.06. The molecule has 0 saturated carbocycles. The van der Waals surface area contributed by atoms with E-state index in [9.17, 15) is 4.79 Å². The first-order valence-electron chi connectivity index (χ1n) is 4.29. The van der Waals surface area contributed by atoms with Crippen molar-refractivity contribution in [2.75, 3.05) is 19.6 Å². The zero-order chi connectivity index (χ0) is 9.19. The van der Waals surface area contributed by atoms with E-state index >= 15 is 0 Å². The molecule has 1 heterocycles. The van der Waals surface area contributed by atoms with Crippen LogP contribution in [0.25, 0.3) is 0 Å². The van der Waals surface area contributed by atoms with Gasteiger partial charge in [-0.3, -0.25) is 0 Å². The first kappa shape index (κ1) is 9.32. The minimum atomic E-state index is -0.359. The summed E-state index contributed by atoms with van der Waals surface area (Å²) < 4.78 is 5.20. The number of ether oxygens (including phenoxy) is 1. The highest BCUT2D eigenvalue weighted by atomic mass is 16.6. The van der Waals surface area contributed by atoms with Crippen LogP contribution in [0.4, 0.5) is 4.79 Å². The Labute approximate surface area is 72.7 Å². The van der Waals surface area contributed by atoms with Crippen molar-refractivity contribution in [1.29, 1.82) is 0 Å². The predicted molar refractivity (Wildman–Crippen MR) is 45.8 cm³/mol. The lowest BCUT2D eigenvalue weighted by atomic mass is 10.0. The van der Waals surface area contributed by atoms with Gasteiger partial charge in [-0.2, -0.15) is 0 Å². The quantitative estimate of drug-likeness (QED) is 0.677. The van der Waals surface area contributed by atoms with Gasteiger partial charge in [-0.05, 0) is 20.4 Å². The van der Waals surface area contributed by atoms with E-state index < -0.39 is 0 Å². The molecule has 1 aliphatic rings. The normalized spacial score (nSPS) is 29.2. The van der Waals surface area contributed by atoms with Crippen LogP contribution in [-0.4, -0.2) is 36.2 Å². The molecular formula is C8H16N2O2. The molecular weight excluding hydrogens is 156 g/mol. The SMILES string of the molecule is CCN1CC(C)(CCN)OC1=O. The van der Waals surface area contributed by atoms with Crippen molar-refractivity contribution in [2.45, 2.75) is 25.9 Å². The minimum absolute atomic E-state index is 0.214. The fraction of sp³-hybridized carbons (Fsp3) is 0.875. The largest absolute Gasteiger partial charge is 0.441 e. The van der Waals surface area contributed by atoms with E-state index in [1.165, 1.54) is 0 Å². The molecule has 0 spiro atoms. The number of carbonyl (C=O) groups is 1. The van der Waals surface area contributed by atoms with Gasteiger partial charge in [0, 0.05) is 13.0 Å². The molecule has 1 amide bonds. The van der Waals surface area contributed by atoms with Gasteiger partial charge in [0.15, 0.2) is 0 Å². The summed E-state index contributed by atoms with van der Waals surface area (Å²) in [5.74, 6) is 0. The minimum Gasteiger partial charge on any atom is -0.441 e. The van der Waals surface area contributed by atoms with Crippen molar-refractivity contribution in [3.8, 4) is 0 Å². The molecule has 0 aromatic carbocycles. The van der Waals surface area contributed by atoms with Crippen LogP contribution >= 0.6 is 0 Å². The Hall–Kier alpha value is -0.770. The molecule has 1 saturated heterocycles. The molecule has 1 rings (SSSR count). The standard InChI is InChI=1S/C8H16N2O2/c1-3-10-6-8(2,4-5-9)12-7(10)11/h3-6,9H2,1-2H3. The summed E-state index contributed by atoms with van der Waals surface area (Å²) in [6, 6.07) is 0. The average Bonchev–Trinajstić information content (AvgIpc) is 2.27. The lowest BCUT2D eigenvalue weighted by Gasteiger charge is -2.20. The van der Waals surface area contributed by atoms with Crippen molar-refractivity contribution < 1.29 is 9.53 Å². The highest BCUT2D eigenvalue weighted by Gasteiger charge is 2.39. The summed E-state index contributed by atoms with van der Waals surface area (Å²) in [5, 5.41) is 0. The maximum absolute atomic E-state index is 11.2. The highest BCUT2D eigenvalue weighted by Crippen LogP contribution is 2.24. The number of hydrogen-bond acceptors (Lipinski definition) is 3. The molecule has 0 aromatic heterocycles.